The SMILES string of the molecule is CC(C)=C1[C@@H]2C=C[C@@H]1[C@@H]1C(=O)N(c3ccc(Cl)c(C(F)(F)F)c3)C(=O)[C@H]12. The summed E-state index contributed by atoms with van der Waals surface area (Å²) in [5.74, 6) is -2.24. The highest BCUT2D eigenvalue weighted by atomic mass is 35.5. The number of hydrogen-bond acceptors (Lipinski definition) is 2. The van der Waals surface area contributed by atoms with Gasteiger partial charge in [-0.15, -0.1) is 0 Å². The van der Waals surface area contributed by atoms with Gasteiger partial charge in [0, 0.05) is 11.8 Å². The molecule has 1 aromatic rings. The Balaban J connectivity index is 1.76. The first kappa shape index (κ1) is 17.3. The predicted molar refractivity (Wildman–Crippen MR) is 90.4 cm³/mol. The van der Waals surface area contributed by atoms with Crippen LogP contribution < -0.4 is 4.90 Å². The van der Waals surface area contributed by atoms with Crippen molar-refractivity contribution in [3.8, 4) is 0 Å². The molecule has 1 saturated carbocycles. The van der Waals surface area contributed by atoms with E-state index < -0.39 is 40.4 Å². The lowest BCUT2D eigenvalue weighted by atomic mass is 9.85. The highest BCUT2D eigenvalue weighted by molar-refractivity contribution is 6.31. The molecule has 26 heavy (non-hydrogen) atoms. The number of halogens is 4. The molecule has 1 aliphatic heterocycles. The van der Waals surface area contributed by atoms with Crippen molar-refractivity contribution in [3.63, 3.8) is 0 Å². The van der Waals surface area contributed by atoms with Gasteiger partial charge in [0.15, 0.2) is 0 Å². The molecule has 1 aromatic carbocycles. The summed E-state index contributed by atoms with van der Waals surface area (Å²) >= 11 is 5.64. The van der Waals surface area contributed by atoms with Gasteiger partial charge in [0.05, 0.1) is 28.1 Å². The quantitative estimate of drug-likeness (QED) is 0.526. The van der Waals surface area contributed by atoms with Crippen molar-refractivity contribution in [2.24, 2.45) is 23.7 Å². The number of hydrogen-bond donors (Lipinski definition) is 0. The summed E-state index contributed by atoms with van der Waals surface area (Å²) in [6.45, 7) is 3.90. The normalized spacial score (nSPS) is 29.8. The number of benzene rings is 1. The Kier molecular flexibility index (Phi) is 3.64. The number of rotatable bonds is 1. The molecule has 1 heterocycles. The number of amides is 2. The molecule has 2 fully saturated rings. The minimum atomic E-state index is -4.66. The Bertz CT molecular complexity index is 865. The van der Waals surface area contributed by atoms with Gasteiger partial charge in [0.2, 0.25) is 11.8 Å². The van der Waals surface area contributed by atoms with Crippen LogP contribution in [0.5, 0.6) is 0 Å². The third-order valence-corrected chi connectivity index (χ3v) is 5.84. The fourth-order valence-corrected chi connectivity index (χ4v) is 4.78. The molecule has 2 aliphatic carbocycles. The summed E-state index contributed by atoms with van der Waals surface area (Å²) in [4.78, 5) is 26.8. The molecule has 0 radical (unpaired) electrons. The first-order valence-electron chi connectivity index (χ1n) is 8.23. The van der Waals surface area contributed by atoms with E-state index in [1.807, 2.05) is 26.0 Å². The Hall–Kier alpha value is -2.08. The lowest BCUT2D eigenvalue weighted by Gasteiger charge is -2.20. The van der Waals surface area contributed by atoms with Gasteiger partial charge in [-0.2, -0.15) is 13.2 Å². The number of carbonyl (C=O) groups is 2. The van der Waals surface area contributed by atoms with Crippen LogP contribution in [0.4, 0.5) is 18.9 Å². The lowest BCUT2D eigenvalue weighted by Crippen LogP contribution is -2.33. The molecular formula is C19H15ClF3NO2. The van der Waals surface area contributed by atoms with Crippen molar-refractivity contribution in [2.75, 3.05) is 4.90 Å². The predicted octanol–water partition coefficient (Wildman–Crippen LogP) is 4.62. The topological polar surface area (TPSA) is 37.4 Å². The summed E-state index contributed by atoms with van der Waals surface area (Å²) < 4.78 is 39.4. The summed E-state index contributed by atoms with van der Waals surface area (Å²) in [6, 6.07) is 3.13. The van der Waals surface area contributed by atoms with E-state index in [9.17, 15) is 22.8 Å². The van der Waals surface area contributed by atoms with Gasteiger partial charge in [0.1, 0.15) is 0 Å². The first-order chi connectivity index (χ1) is 12.1. The van der Waals surface area contributed by atoms with Crippen LogP contribution in [-0.2, 0) is 15.8 Å². The monoisotopic (exact) mass is 381 g/mol. The number of imide groups is 1. The molecule has 136 valence electrons. The number of anilines is 1. The van der Waals surface area contributed by atoms with Crippen molar-refractivity contribution in [1.29, 1.82) is 0 Å². The largest absolute Gasteiger partial charge is 0.417 e. The molecule has 3 aliphatic rings. The second-order valence-corrected chi connectivity index (χ2v) is 7.52. The summed E-state index contributed by atoms with van der Waals surface area (Å²) in [7, 11) is 0. The molecule has 0 N–H and O–H groups in total. The van der Waals surface area contributed by atoms with E-state index in [0.29, 0.717) is 0 Å². The molecule has 4 rings (SSSR count). The van der Waals surface area contributed by atoms with Crippen molar-refractivity contribution in [3.05, 3.63) is 52.1 Å². The zero-order valence-electron chi connectivity index (χ0n) is 14.0. The summed E-state index contributed by atoms with van der Waals surface area (Å²) in [5, 5.41) is -0.464. The highest BCUT2D eigenvalue weighted by Gasteiger charge is 2.62. The first-order valence-corrected chi connectivity index (χ1v) is 8.61. The Labute approximate surface area is 153 Å². The van der Waals surface area contributed by atoms with E-state index in [0.717, 1.165) is 28.2 Å². The van der Waals surface area contributed by atoms with Gasteiger partial charge in [-0.1, -0.05) is 34.9 Å². The van der Waals surface area contributed by atoms with E-state index in [1.165, 1.54) is 6.07 Å². The average molecular weight is 382 g/mol. The molecular weight excluding hydrogens is 367 g/mol. The van der Waals surface area contributed by atoms with E-state index in [2.05, 4.69) is 0 Å². The number of fused-ring (bicyclic) bond motifs is 5. The van der Waals surface area contributed by atoms with Crippen molar-refractivity contribution in [1.82, 2.24) is 0 Å². The highest BCUT2D eigenvalue weighted by Crippen LogP contribution is 2.57. The van der Waals surface area contributed by atoms with Gasteiger partial charge < -0.3 is 0 Å². The lowest BCUT2D eigenvalue weighted by molar-refractivity contribution is -0.137. The van der Waals surface area contributed by atoms with Gasteiger partial charge >= 0.3 is 6.18 Å². The minimum absolute atomic E-state index is 0.0794. The van der Waals surface area contributed by atoms with Gasteiger partial charge in [-0.25, -0.2) is 4.90 Å². The molecule has 7 heteroatoms. The van der Waals surface area contributed by atoms with Crippen LogP contribution in [0.25, 0.3) is 0 Å². The molecule has 0 spiro atoms. The maximum atomic E-state index is 13.1. The summed E-state index contributed by atoms with van der Waals surface area (Å²) in [6.07, 6.45) is -0.789. The number of allylic oxidation sites excluding steroid dienone is 4. The van der Waals surface area contributed by atoms with Crippen molar-refractivity contribution >= 4 is 29.1 Å². The van der Waals surface area contributed by atoms with Crippen LogP contribution in [0.3, 0.4) is 0 Å². The molecule has 2 bridgehead atoms. The fourth-order valence-electron chi connectivity index (χ4n) is 4.55. The van der Waals surface area contributed by atoms with E-state index in [-0.39, 0.29) is 17.5 Å². The van der Waals surface area contributed by atoms with Crippen LogP contribution in [0.2, 0.25) is 5.02 Å². The fraction of sp³-hybridized carbons (Fsp3) is 0.368. The average Bonchev–Trinajstić information content (AvgIpc) is 3.17. The maximum Gasteiger partial charge on any atom is 0.417 e. The second-order valence-electron chi connectivity index (χ2n) is 7.12. The zero-order chi connectivity index (χ0) is 19.0. The molecule has 3 nitrogen and oxygen atoms in total. The maximum absolute atomic E-state index is 13.1. The number of nitrogens with zero attached hydrogens (tertiary/aromatic N) is 1. The van der Waals surface area contributed by atoms with Gasteiger partial charge in [-0.3, -0.25) is 9.59 Å². The zero-order valence-corrected chi connectivity index (χ0v) is 14.7. The Morgan fingerprint density at radius 1 is 1.04 bits per heavy atom. The third-order valence-electron chi connectivity index (χ3n) is 5.51. The number of carbonyl (C=O) groups excluding carboxylic acids is 2. The minimum Gasteiger partial charge on any atom is -0.274 e. The van der Waals surface area contributed by atoms with Gasteiger partial charge in [0.25, 0.3) is 0 Å². The van der Waals surface area contributed by atoms with Crippen LogP contribution in [0.15, 0.2) is 41.5 Å². The molecule has 4 atom stereocenters. The van der Waals surface area contributed by atoms with Crippen LogP contribution in [0.1, 0.15) is 19.4 Å². The van der Waals surface area contributed by atoms with Crippen molar-refractivity contribution < 1.29 is 22.8 Å². The van der Waals surface area contributed by atoms with Gasteiger partial charge in [-0.05, 0) is 32.0 Å². The smallest absolute Gasteiger partial charge is 0.274 e. The summed E-state index contributed by atoms with van der Waals surface area (Å²) in [5.41, 5.74) is 1.04. The van der Waals surface area contributed by atoms with E-state index in [4.69, 9.17) is 11.6 Å². The van der Waals surface area contributed by atoms with E-state index >= 15 is 0 Å². The van der Waals surface area contributed by atoms with E-state index in [1.54, 1.807) is 0 Å². The third kappa shape index (κ3) is 2.21. The Morgan fingerprint density at radius 2 is 1.58 bits per heavy atom. The standard InChI is InChI=1S/C19H15ClF3NO2/c1-8(2)14-10-4-5-11(14)16-15(10)17(25)24(18(16)26)9-3-6-13(20)12(7-9)19(21,22)23/h3-7,10-11,15-16H,1-2H3/t10-,11-,15-,16-/m0/s1. The molecule has 0 aromatic heterocycles. The molecule has 1 saturated heterocycles. The second kappa shape index (κ2) is 5.46. The van der Waals surface area contributed by atoms with Crippen LogP contribution >= 0.6 is 11.6 Å². The van der Waals surface area contributed by atoms with Crippen LogP contribution in [-0.4, -0.2) is 11.8 Å². The number of alkyl halides is 3. The van der Waals surface area contributed by atoms with Crippen LogP contribution in [0, 0.1) is 23.7 Å². The van der Waals surface area contributed by atoms with Crippen molar-refractivity contribution in [2.45, 2.75) is 20.0 Å². The Morgan fingerprint density at radius 3 is 2.04 bits per heavy atom. The molecule has 2 amide bonds. The molecule has 0 unspecified atom stereocenters.